The number of carbonyl (C=O) groups is 1. The summed E-state index contributed by atoms with van der Waals surface area (Å²) in [6, 6.07) is 6.03. The second-order valence-electron chi connectivity index (χ2n) is 13.2. The number of nitrogens with zero attached hydrogens (tertiary/aromatic N) is 6. The van der Waals surface area contributed by atoms with Crippen molar-refractivity contribution in [1.82, 2.24) is 19.8 Å². The fraction of sp³-hybridized carbons (Fsp3) is 0.588. The molecule has 1 aromatic carbocycles. The van der Waals surface area contributed by atoms with Gasteiger partial charge >= 0.3 is 12.6 Å². The molecule has 2 fully saturated rings. The van der Waals surface area contributed by atoms with Crippen LogP contribution in [0.15, 0.2) is 35.0 Å². The molecule has 1 spiro atoms. The number of alkyl halides is 3. The predicted octanol–water partition coefficient (Wildman–Crippen LogP) is 3.78. The lowest BCUT2D eigenvalue weighted by Gasteiger charge is -2.37. The Kier molecular flexibility index (Phi) is 10.1. The molecule has 5 aliphatic rings. The van der Waals surface area contributed by atoms with Gasteiger partial charge < -0.3 is 29.7 Å². The lowest BCUT2D eigenvalue weighted by Crippen LogP contribution is -2.37. The van der Waals surface area contributed by atoms with Crippen LogP contribution in [0.1, 0.15) is 54.5 Å². The quantitative estimate of drug-likeness (QED) is 0.458. The summed E-state index contributed by atoms with van der Waals surface area (Å²) in [4.78, 5) is 32.0. The van der Waals surface area contributed by atoms with Gasteiger partial charge in [-0.1, -0.05) is 12.1 Å². The van der Waals surface area contributed by atoms with Crippen molar-refractivity contribution < 1.29 is 32.2 Å². The number of aliphatic imine (C=N–C) groups is 1. The number of methoxy groups -OCH3 is 1. The summed E-state index contributed by atoms with van der Waals surface area (Å²) in [7, 11) is 4.81. The average Bonchev–Trinajstić information content (AvgIpc) is 3.69. The molecule has 14 heteroatoms. The molecule has 7 rings (SSSR count). The topological polar surface area (TPSA) is 119 Å². The highest BCUT2D eigenvalue weighted by atomic mass is 19.3. The lowest BCUT2D eigenvalue weighted by atomic mass is 9.86. The zero-order valence-corrected chi connectivity index (χ0v) is 27.8. The maximum atomic E-state index is 13.0. The van der Waals surface area contributed by atoms with E-state index in [2.05, 4.69) is 24.8 Å². The maximum absolute atomic E-state index is 13.0. The molecule has 0 radical (unpaired) electrons. The zero-order chi connectivity index (χ0) is 34.0. The molecule has 3 unspecified atom stereocenters. The van der Waals surface area contributed by atoms with Crippen molar-refractivity contribution in [3.05, 3.63) is 52.4 Å². The zero-order valence-electron chi connectivity index (χ0n) is 27.8. The van der Waals surface area contributed by atoms with Gasteiger partial charge in [0.15, 0.2) is 0 Å². The highest BCUT2D eigenvalue weighted by molar-refractivity contribution is 6.05. The van der Waals surface area contributed by atoms with Gasteiger partial charge in [0.2, 0.25) is 0 Å². The van der Waals surface area contributed by atoms with E-state index in [1.807, 2.05) is 6.07 Å². The van der Waals surface area contributed by atoms with Crippen LogP contribution in [0, 0.1) is 0 Å². The lowest BCUT2D eigenvalue weighted by molar-refractivity contribution is -0.124. The summed E-state index contributed by atoms with van der Waals surface area (Å²) in [6.45, 7) is 0.876. The van der Waals surface area contributed by atoms with Crippen LogP contribution in [0.5, 0.6) is 11.8 Å². The monoisotopic (exact) mass is 671 g/mol. The standard InChI is InChI=1S/C27H32F2N6O4.C7H12FN/c1-34(2)24(36)20(30)12-16-14-35(11-5-10-31-16)23-18-15-38-27(13-21(18)32-26(33-23)37-3)9-8-17-19(27)6-4-7-22(17)39-25(28)29;8-6-4-7-2-1-3-9(7)5-6/h4,6-7,12,25H,5,8-11,13-15,30H2,1-3H3;6-7H,1-5H2/b20-12-;. The van der Waals surface area contributed by atoms with Gasteiger partial charge in [0.1, 0.15) is 17.7 Å². The second kappa shape index (κ2) is 14.3. The molecule has 1 aromatic heterocycles. The third-order valence-electron chi connectivity index (χ3n) is 9.79. The third kappa shape index (κ3) is 7.09. The van der Waals surface area contributed by atoms with E-state index in [-0.39, 0.29) is 30.0 Å². The van der Waals surface area contributed by atoms with Gasteiger partial charge in [-0.15, -0.1) is 0 Å². The molecule has 48 heavy (non-hydrogen) atoms. The highest BCUT2D eigenvalue weighted by Gasteiger charge is 2.45. The molecule has 5 heterocycles. The molecule has 2 N–H and O–H groups in total. The van der Waals surface area contributed by atoms with E-state index in [0.717, 1.165) is 41.8 Å². The van der Waals surface area contributed by atoms with E-state index in [0.29, 0.717) is 63.0 Å². The van der Waals surface area contributed by atoms with Crippen molar-refractivity contribution >= 4 is 17.4 Å². The Bertz CT molecular complexity index is 1560. The number of hydrogen-bond acceptors (Lipinski definition) is 10. The summed E-state index contributed by atoms with van der Waals surface area (Å²) >= 11 is 0. The minimum atomic E-state index is -2.89. The number of fused-ring (bicyclic) bond motifs is 4. The first kappa shape index (κ1) is 34.0. The molecule has 1 amide bonds. The molecule has 1 aliphatic carbocycles. The number of nitrogens with two attached hydrogens (primary N) is 1. The number of aromatic nitrogens is 2. The molecular weight excluding hydrogens is 627 g/mol. The van der Waals surface area contributed by atoms with E-state index in [1.165, 1.54) is 24.9 Å². The first-order valence-corrected chi connectivity index (χ1v) is 16.6. The minimum Gasteiger partial charge on any atom is -0.467 e. The first-order chi connectivity index (χ1) is 23.1. The number of anilines is 1. The van der Waals surface area contributed by atoms with Crippen LogP contribution in [0.25, 0.3) is 0 Å². The Morgan fingerprint density at radius 1 is 1.21 bits per heavy atom. The molecular formula is C34H44F3N7O4. The summed E-state index contributed by atoms with van der Waals surface area (Å²) in [5.41, 5.74) is 9.35. The van der Waals surface area contributed by atoms with Gasteiger partial charge in [0.25, 0.3) is 5.91 Å². The number of carbonyl (C=O) groups excluding carboxylic acids is 1. The molecule has 4 aliphatic heterocycles. The Morgan fingerprint density at radius 2 is 2.04 bits per heavy atom. The van der Waals surface area contributed by atoms with Crippen LogP contribution in [0.2, 0.25) is 0 Å². The minimum absolute atomic E-state index is 0.114. The van der Waals surface area contributed by atoms with Crippen LogP contribution >= 0.6 is 0 Å². The predicted molar refractivity (Wildman–Crippen MR) is 174 cm³/mol. The Morgan fingerprint density at radius 3 is 2.79 bits per heavy atom. The van der Waals surface area contributed by atoms with Crippen molar-refractivity contribution in [2.75, 3.05) is 58.8 Å². The smallest absolute Gasteiger partial charge is 0.387 e. The first-order valence-electron chi connectivity index (χ1n) is 16.6. The summed E-state index contributed by atoms with van der Waals surface area (Å²) in [5.74, 6) is 0.582. The Hall–Kier alpha value is -3.91. The largest absolute Gasteiger partial charge is 0.467 e. The van der Waals surface area contributed by atoms with Crippen molar-refractivity contribution in [3.63, 3.8) is 0 Å². The van der Waals surface area contributed by atoms with Gasteiger partial charge in [0, 0.05) is 57.3 Å². The number of ether oxygens (including phenoxy) is 3. The van der Waals surface area contributed by atoms with Gasteiger partial charge in [-0.25, -0.2) is 4.39 Å². The van der Waals surface area contributed by atoms with E-state index in [1.54, 1.807) is 32.3 Å². The number of amides is 1. The van der Waals surface area contributed by atoms with Crippen molar-refractivity contribution in [2.45, 2.75) is 76.0 Å². The van der Waals surface area contributed by atoms with Gasteiger partial charge in [-0.2, -0.15) is 18.7 Å². The second-order valence-corrected chi connectivity index (χ2v) is 13.2. The molecule has 0 saturated carbocycles. The SMILES string of the molecule is COc1nc2c(c(N3CCCN=C(/C=C(\N)C(=O)N(C)C)C3)n1)COC1(CCc3c(OC(F)F)cccc31)C2.FC1CC2CCCN2C1. The fourth-order valence-electron chi connectivity index (χ4n) is 7.53. The number of likely N-dealkylation sites (N-methyl/N-ethyl adjacent to an activating group) is 1. The summed E-state index contributed by atoms with van der Waals surface area (Å²) in [5, 5.41) is 0. The molecule has 2 saturated heterocycles. The number of hydrogen-bond donors (Lipinski definition) is 1. The summed E-state index contributed by atoms with van der Waals surface area (Å²) in [6.07, 6.45) is 6.84. The molecule has 3 atom stereocenters. The van der Waals surface area contributed by atoms with Gasteiger partial charge in [-0.3, -0.25) is 14.7 Å². The Balaban J connectivity index is 0.000000381. The van der Waals surface area contributed by atoms with E-state index in [4.69, 9.17) is 19.9 Å². The van der Waals surface area contributed by atoms with Crippen molar-refractivity contribution in [3.8, 4) is 11.8 Å². The van der Waals surface area contributed by atoms with Crippen molar-refractivity contribution in [2.24, 2.45) is 10.7 Å². The van der Waals surface area contributed by atoms with Crippen LogP contribution < -0.4 is 20.1 Å². The van der Waals surface area contributed by atoms with Crippen LogP contribution in [-0.2, 0) is 34.6 Å². The Labute approximate surface area is 278 Å². The van der Waals surface area contributed by atoms with Gasteiger partial charge in [0.05, 0.1) is 43.0 Å². The van der Waals surface area contributed by atoms with Crippen molar-refractivity contribution in [1.29, 1.82) is 0 Å². The van der Waals surface area contributed by atoms with E-state index < -0.39 is 18.4 Å². The molecule has 11 nitrogen and oxygen atoms in total. The van der Waals surface area contributed by atoms with Gasteiger partial charge in [-0.05, 0) is 62.8 Å². The number of rotatable bonds is 6. The molecule has 260 valence electrons. The molecule has 0 bridgehead atoms. The molecule has 2 aromatic rings. The van der Waals surface area contributed by atoms with Crippen LogP contribution in [-0.4, -0.2) is 104 Å². The van der Waals surface area contributed by atoms with E-state index in [9.17, 15) is 18.0 Å². The number of benzene rings is 1. The fourth-order valence-corrected chi connectivity index (χ4v) is 7.53. The number of halogens is 3. The highest BCUT2D eigenvalue weighted by Crippen LogP contribution is 2.49. The maximum Gasteiger partial charge on any atom is 0.387 e. The third-order valence-corrected chi connectivity index (χ3v) is 9.79. The van der Waals surface area contributed by atoms with E-state index >= 15 is 0 Å². The van der Waals surface area contributed by atoms with Crippen LogP contribution in [0.3, 0.4) is 0 Å². The summed E-state index contributed by atoms with van der Waals surface area (Å²) < 4.78 is 55.4. The van der Waals surface area contributed by atoms with Crippen LogP contribution in [0.4, 0.5) is 19.0 Å². The average molecular weight is 672 g/mol. The normalized spacial score (nSPS) is 25.1.